The number of aryl methyl sites for hydroxylation is 1. The average Bonchev–Trinajstić information content (AvgIpc) is 3.69. The van der Waals surface area contributed by atoms with Crippen LogP contribution in [0.25, 0.3) is 0 Å². The van der Waals surface area contributed by atoms with Crippen molar-refractivity contribution in [2.24, 2.45) is 0 Å². The Morgan fingerprint density at radius 2 is 1.11 bits per heavy atom. The minimum atomic E-state index is -0.360. The summed E-state index contributed by atoms with van der Waals surface area (Å²) in [6, 6.07) is 41.0. The van der Waals surface area contributed by atoms with E-state index in [1.165, 1.54) is 0 Å². The molecular weight excluding hydrogens is 697 g/mol. The highest BCUT2D eigenvalue weighted by atomic mass is 16.6. The summed E-state index contributed by atoms with van der Waals surface area (Å²) < 4.78 is 39.9. The first kappa shape index (κ1) is 40.4. The molecule has 4 atom stereocenters. The lowest BCUT2D eigenvalue weighted by molar-refractivity contribution is -0.210. The second kappa shape index (κ2) is 22.9. The number of hydrogen-bond acceptors (Lipinski definition) is 10. The molecule has 6 rings (SSSR count). The van der Waals surface area contributed by atoms with Crippen LogP contribution in [0.5, 0.6) is 0 Å². The molecule has 0 aliphatic carbocycles. The molecular formula is C44H54N4O7. The first-order valence-electron chi connectivity index (χ1n) is 19.2. The summed E-state index contributed by atoms with van der Waals surface area (Å²) in [5.41, 5.74) is 5.18. The Hall–Kier alpha value is -4.30. The highest BCUT2D eigenvalue weighted by Gasteiger charge is 2.46. The van der Waals surface area contributed by atoms with E-state index in [0.717, 1.165) is 40.9 Å². The van der Waals surface area contributed by atoms with Crippen molar-refractivity contribution in [2.45, 2.75) is 70.4 Å². The molecule has 5 aromatic rings. The number of benzene rings is 4. The summed E-state index contributed by atoms with van der Waals surface area (Å²) in [5, 5.41) is 17.5. The van der Waals surface area contributed by atoms with Crippen molar-refractivity contribution in [2.75, 3.05) is 46.1 Å². The largest absolute Gasteiger partial charge is 0.394 e. The Balaban J connectivity index is 1.20. The molecule has 2 heterocycles. The van der Waals surface area contributed by atoms with E-state index >= 15 is 0 Å². The van der Waals surface area contributed by atoms with Gasteiger partial charge in [0.05, 0.1) is 84.4 Å². The second-order valence-corrected chi connectivity index (χ2v) is 13.6. The van der Waals surface area contributed by atoms with Crippen molar-refractivity contribution in [1.29, 1.82) is 0 Å². The summed E-state index contributed by atoms with van der Waals surface area (Å²) in [5.74, 6) is 0. The lowest BCUT2D eigenvalue weighted by Crippen LogP contribution is -2.64. The molecule has 1 fully saturated rings. The van der Waals surface area contributed by atoms with E-state index in [4.69, 9.17) is 33.5 Å². The molecule has 1 aliphatic heterocycles. The molecule has 0 bridgehead atoms. The van der Waals surface area contributed by atoms with E-state index in [9.17, 15) is 0 Å². The van der Waals surface area contributed by atoms with Crippen molar-refractivity contribution in [3.8, 4) is 0 Å². The van der Waals surface area contributed by atoms with Gasteiger partial charge in [0.1, 0.15) is 17.9 Å². The van der Waals surface area contributed by atoms with Crippen LogP contribution in [-0.2, 0) is 68.0 Å². The zero-order chi connectivity index (χ0) is 37.8. The molecule has 1 aromatic heterocycles. The van der Waals surface area contributed by atoms with Crippen molar-refractivity contribution < 1.29 is 33.5 Å². The summed E-state index contributed by atoms with van der Waals surface area (Å²) in [6.07, 6.45) is 1.76. The van der Waals surface area contributed by atoms with Gasteiger partial charge in [-0.05, 0) is 28.7 Å². The normalized spacial score (nSPS) is 18.8. The monoisotopic (exact) mass is 750 g/mol. The molecule has 0 saturated carbocycles. The first-order valence-corrected chi connectivity index (χ1v) is 19.2. The van der Waals surface area contributed by atoms with Crippen LogP contribution in [0.15, 0.2) is 128 Å². The summed E-state index contributed by atoms with van der Waals surface area (Å²) >= 11 is 0. The minimum absolute atomic E-state index is 0.00142. The molecule has 0 unspecified atom stereocenters. The number of aliphatic hydroxyl groups excluding tert-OH is 1. The zero-order valence-electron chi connectivity index (χ0n) is 31.5. The topological polar surface area (TPSA) is 110 Å². The van der Waals surface area contributed by atoms with Gasteiger partial charge in [0.25, 0.3) is 0 Å². The van der Waals surface area contributed by atoms with Gasteiger partial charge >= 0.3 is 0 Å². The number of rotatable bonds is 24. The fourth-order valence-electron chi connectivity index (χ4n) is 6.72. The Morgan fingerprint density at radius 1 is 0.564 bits per heavy atom. The van der Waals surface area contributed by atoms with Crippen LogP contribution in [0.2, 0.25) is 0 Å². The zero-order valence-corrected chi connectivity index (χ0v) is 31.5. The summed E-state index contributed by atoms with van der Waals surface area (Å²) in [4.78, 5) is 2.45. The van der Waals surface area contributed by atoms with Gasteiger partial charge in [0, 0.05) is 19.6 Å². The van der Waals surface area contributed by atoms with Crippen LogP contribution >= 0.6 is 0 Å². The van der Waals surface area contributed by atoms with Gasteiger partial charge in [-0.3, -0.25) is 9.58 Å². The molecule has 1 saturated heterocycles. The number of hydrogen-bond donors (Lipinski definition) is 1. The van der Waals surface area contributed by atoms with E-state index in [2.05, 4.69) is 63.7 Å². The smallest absolute Gasteiger partial charge is 0.113 e. The van der Waals surface area contributed by atoms with Crippen LogP contribution in [-0.4, -0.2) is 95.5 Å². The molecule has 11 heteroatoms. The van der Waals surface area contributed by atoms with Gasteiger partial charge in [0.15, 0.2) is 0 Å². The predicted molar refractivity (Wildman–Crippen MR) is 209 cm³/mol. The number of likely N-dealkylation sites (tertiary alicyclic amines) is 1. The molecule has 55 heavy (non-hydrogen) atoms. The SMILES string of the molecule is OCCOCCOCc1cn(CCCN2C[C@H](OCc3ccccc3)[C@@H](OCc3ccccc3)[C@H](OCc3ccccc3)[C@H]2COCc2ccccc2)nn1. The van der Waals surface area contributed by atoms with Gasteiger partial charge in [-0.25, -0.2) is 0 Å². The van der Waals surface area contributed by atoms with E-state index in [-0.39, 0.29) is 31.0 Å². The number of aromatic nitrogens is 3. The summed E-state index contributed by atoms with van der Waals surface area (Å²) in [6.45, 7) is 5.86. The molecule has 292 valence electrons. The number of aliphatic hydroxyl groups is 1. The molecule has 0 spiro atoms. The molecule has 0 amide bonds. The Kier molecular flexibility index (Phi) is 16.8. The molecule has 1 N–H and O–H groups in total. The molecule has 0 radical (unpaired) electrons. The quantitative estimate of drug-likeness (QED) is 0.0772. The third kappa shape index (κ3) is 13.4. The number of ether oxygens (including phenoxy) is 6. The second-order valence-electron chi connectivity index (χ2n) is 13.6. The lowest BCUT2D eigenvalue weighted by atomic mass is 9.92. The fraction of sp³-hybridized carbons (Fsp3) is 0.409. The van der Waals surface area contributed by atoms with Crippen molar-refractivity contribution in [3.05, 3.63) is 155 Å². The maximum absolute atomic E-state index is 8.87. The highest BCUT2D eigenvalue weighted by Crippen LogP contribution is 2.29. The molecule has 4 aromatic carbocycles. The van der Waals surface area contributed by atoms with E-state index in [0.29, 0.717) is 72.6 Å². The standard InChI is InChI=1S/C44H54N4O7/c49-24-25-50-26-27-51-34-40-28-48(46-45-40)23-13-22-47-29-42(53-31-37-16-7-2-8-17-37)44(55-33-39-20-11-4-12-21-39)43(54-32-38-18-9-3-10-19-38)41(47)35-52-30-36-14-5-1-6-15-36/h1-12,14-21,28,41-44,49H,13,22-27,29-35H2/t41-,42+,43-,44-/m1/s1. The average molecular weight is 751 g/mol. The molecule has 1 aliphatic rings. The van der Waals surface area contributed by atoms with Crippen molar-refractivity contribution in [3.63, 3.8) is 0 Å². The van der Waals surface area contributed by atoms with Crippen LogP contribution in [0, 0.1) is 0 Å². The van der Waals surface area contributed by atoms with E-state index in [1.807, 2.05) is 83.7 Å². The van der Waals surface area contributed by atoms with Crippen LogP contribution in [0.1, 0.15) is 34.4 Å². The van der Waals surface area contributed by atoms with Crippen LogP contribution in [0.3, 0.4) is 0 Å². The Morgan fingerprint density at radius 3 is 1.71 bits per heavy atom. The van der Waals surface area contributed by atoms with Gasteiger partial charge < -0.3 is 33.5 Å². The van der Waals surface area contributed by atoms with Crippen molar-refractivity contribution >= 4 is 0 Å². The first-order chi connectivity index (χ1) is 27.2. The third-order valence-electron chi connectivity index (χ3n) is 9.51. The maximum atomic E-state index is 8.87. The number of nitrogens with zero attached hydrogens (tertiary/aromatic N) is 4. The fourth-order valence-corrected chi connectivity index (χ4v) is 6.72. The predicted octanol–water partition coefficient (Wildman–Crippen LogP) is 5.85. The van der Waals surface area contributed by atoms with Gasteiger partial charge in [-0.1, -0.05) is 127 Å². The van der Waals surface area contributed by atoms with Gasteiger partial charge in [-0.2, -0.15) is 0 Å². The summed E-state index contributed by atoms with van der Waals surface area (Å²) in [7, 11) is 0. The Labute approximate surface area is 324 Å². The highest BCUT2D eigenvalue weighted by molar-refractivity contribution is 5.16. The third-order valence-corrected chi connectivity index (χ3v) is 9.51. The Bertz CT molecular complexity index is 1730. The van der Waals surface area contributed by atoms with Crippen molar-refractivity contribution in [1.82, 2.24) is 19.9 Å². The maximum Gasteiger partial charge on any atom is 0.113 e. The molecule has 11 nitrogen and oxygen atoms in total. The van der Waals surface area contributed by atoms with Gasteiger partial charge in [0.2, 0.25) is 0 Å². The number of piperidine rings is 1. The lowest BCUT2D eigenvalue weighted by Gasteiger charge is -2.48. The van der Waals surface area contributed by atoms with E-state index < -0.39 is 0 Å². The van der Waals surface area contributed by atoms with Crippen LogP contribution in [0.4, 0.5) is 0 Å². The minimum Gasteiger partial charge on any atom is -0.394 e. The van der Waals surface area contributed by atoms with Crippen LogP contribution < -0.4 is 0 Å². The van der Waals surface area contributed by atoms with Gasteiger partial charge in [-0.15, -0.1) is 5.10 Å². The van der Waals surface area contributed by atoms with E-state index in [1.54, 1.807) is 0 Å².